The standard InChI is InChI=1S/C14H21NSi/c1-5-16(4)14-10-13(15(2)3)11-8-6-7-9-12(11)14/h6-10,14,16H,5H2,1-4H3/t14?,16-/m0/s1. The highest BCUT2D eigenvalue weighted by atomic mass is 28.3. The van der Waals surface area contributed by atoms with Gasteiger partial charge in [-0.3, -0.25) is 0 Å². The fourth-order valence-corrected chi connectivity index (χ4v) is 4.41. The minimum absolute atomic E-state index is 0.654. The molecular formula is C14H21NSi. The van der Waals surface area contributed by atoms with Gasteiger partial charge in [-0.25, -0.2) is 0 Å². The van der Waals surface area contributed by atoms with Crippen molar-refractivity contribution in [2.24, 2.45) is 0 Å². The average Bonchev–Trinajstić information content (AvgIpc) is 2.67. The molecule has 1 aromatic carbocycles. The molecule has 2 heteroatoms. The lowest BCUT2D eigenvalue weighted by atomic mass is 10.1. The van der Waals surface area contributed by atoms with Crippen LogP contribution in [0.4, 0.5) is 0 Å². The molecule has 16 heavy (non-hydrogen) atoms. The molecule has 0 radical (unpaired) electrons. The van der Waals surface area contributed by atoms with E-state index in [4.69, 9.17) is 0 Å². The van der Waals surface area contributed by atoms with Crippen molar-refractivity contribution < 1.29 is 0 Å². The smallest absolute Gasteiger partial charge is 0.0465 e. The topological polar surface area (TPSA) is 3.24 Å². The van der Waals surface area contributed by atoms with E-state index in [1.54, 1.807) is 5.56 Å². The van der Waals surface area contributed by atoms with Crippen LogP contribution in [0.2, 0.25) is 12.6 Å². The fourth-order valence-electron chi connectivity index (χ4n) is 2.49. The van der Waals surface area contributed by atoms with E-state index in [-0.39, 0.29) is 0 Å². The molecule has 0 saturated carbocycles. The Morgan fingerprint density at radius 2 is 1.94 bits per heavy atom. The predicted molar refractivity (Wildman–Crippen MR) is 74.3 cm³/mol. The molecule has 0 bridgehead atoms. The van der Waals surface area contributed by atoms with Gasteiger partial charge >= 0.3 is 0 Å². The third-order valence-electron chi connectivity index (χ3n) is 3.67. The molecule has 0 fully saturated rings. The Kier molecular flexibility index (Phi) is 3.19. The number of hydrogen-bond donors (Lipinski definition) is 0. The fraction of sp³-hybridized carbons (Fsp3) is 0.429. The molecule has 2 rings (SSSR count). The van der Waals surface area contributed by atoms with Gasteiger partial charge in [0.05, 0.1) is 0 Å². The Balaban J connectivity index is 2.44. The lowest BCUT2D eigenvalue weighted by Crippen LogP contribution is -2.15. The van der Waals surface area contributed by atoms with Crippen LogP contribution in [0.15, 0.2) is 30.3 Å². The van der Waals surface area contributed by atoms with Crippen molar-refractivity contribution in [2.75, 3.05) is 14.1 Å². The quantitative estimate of drug-likeness (QED) is 0.723. The van der Waals surface area contributed by atoms with Gasteiger partial charge in [-0.05, 0) is 11.1 Å². The van der Waals surface area contributed by atoms with Gasteiger partial charge in [0.1, 0.15) is 0 Å². The van der Waals surface area contributed by atoms with Gasteiger partial charge in [-0.1, -0.05) is 49.9 Å². The van der Waals surface area contributed by atoms with Crippen molar-refractivity contribution in [3.63, 3.8) is 0 Å². The van der Waals surface area contributed by atoms with Gasteiger partial charge in [0.25, 0.3) is 0 Å². The van der Waals surface area contributed by atoms with Gasteiger partial charge < -0.3 is 4.90 Å². The van der Waals surface area contributed by atoms with Crippen LogP contribution < -0.4 is 0 Å². The van der Waals surface area contributed by atoms with Crippen molar-refractivity contribution in [3.05, 3.63) is 41.5 Å². The van der Waals surface area contributed by atoms with Gasteiger partial charge in [0, 0.05) is 34.2 Å². The molecule has 0 heterocycles. The predicted octanol–water partition coefficient (Wildman–Crippen LogP) is 3.10. The summed E-state index contributed by atoms with van der Waals surface area (Å²) in [5.41, 5.74) is 5.16. The summed E-state index contributed by atoms with van der Waals surface area (Å²) in [5, 5.41) is 0. The van der Waals surface area contributed by atoms with Gasteiger partial charge in [-0.15, -0.1) is 0 Å². The van der Waals surface area contributed by atoms with E-state index in [1.165, 1.54) is 17.3 Å². The SMILES string of the molecule is CC[Si@H](C)C1C=C(N(C)C)c2ccccc21. The van der Waals surface area contributed by atoms with Crippen LogP contribution in [-0.4, -0.2) is 27.8 Å². The average molecular weight is 231 g/mol. The van der Waals surface area contributed by atoms with E-state index in [1.807, 2.05) is 0 Å². The van der Waals surface area contributed by atoms with Gasteiger partial charge in [0.2, 0.25) is 0 Å². The molecule has 0 aromatic heterocycles. The molecule has 2 atom stereocenters. The Labute approximate surface area is 100 Å². The second-order valence-electron chi connectivity index (χ2n) is 4.94. The monoisotopic (exact) mass is 231 g/mol. The van der Waals surface area contributed by atoms with Crippen LogP contribution in [0.25, 0.3) is 5.70 Å². The lowest BCUT2D eigenvalue weighted by Gasteiger charge is -2.15. The van der Waals surface area contributed by atoms with Crippen LogP contribution in [0.1, 0.15) is 23.6 Å². The number of fused-ring (bicyclic) bond motifs is 1. The Morgan fingerprint density at radius 1 is 1.25 bits per heavy atom. The number of allylic oxidation sites excluding steroid dienone is 1. The van der Waals surface area contributed by atoms with E-state index < -0.39 is 8.80 Å². The molecule has 0 amide bonds. The highest BCUT2D eigenvalue weighted by Gasteiger charge is 2.27. The molecule has 0 saturated heterocycles. The molecule has 1 aromatic rings. The maximum Gasteiger partial charge on any atom is 0.0465 e. The highest BCUT2D eigenvalue weighted by Crippen LogP contribution is 2.38. The summed E-state index contributed by atoms with van der Waals surface area (Å²) in [5.74, 6) is 0. The summed E-state index contributed by atoms with van der Waals surface area (Å²) >= 11 is 0. The second kappa shape index (κ2) is 4.46. The zero-order valence-corrected chi connectivity index (χ0v) is 11.9. The molecule has 1 nitrogen and oxygen atoms in total. The zero-order chi connectivity index (χ0) is 11.7. The van der Waals surface area contributed by atoms with Gasteiger partial charge in [0.15, 0.2) is 0 Å². The van der Waals surface area contributed by atoms with E-state index in [9.17, 15) is 0 Å². The summed E-state index contributed by atoms with van der Waals surface area (Å²) in [6.07, 6.45) is 2.49. The Morgan fingerprint density at radius 3 is 2.56 bits per heavy atom. The van der Waals surface area contributed by atoms with Crippen LogP contribution in [0, 0.1) is 0 Å². The molecule has 0 spiro atoms. The van der Waals surface area contributed by atoms with Crippen LogP contribution >= 0.6 is 0 Å². The first-order valence-electron chi connectivity index (χ1n) is 6.13. The third-order valence-corrected chi connectivity index (χ3v) is 6.74. The molecule has 0 N–H and O–H groups in total. The highest BCUT2D eigenvalue weighted by molar-refractivity contribution is 6.60. The first-order chi connectivity index (χ1) is 7.65. The molecule has 1 unspecified atom stereocenters. The van der Waals surface area contributed by atoms with Crippen molar-refractivity contribution in [3.8, 4) is 0 Å². The summed E-state index contributed by atoms with van der Waals surface area (Å²) in [6.45, 7) is 4.82. The molecule has 86 valence electrons. The van der Waals surface area contributed by atoms with Crippen LogP contribution in [0.3, 0.4) is 0 Å². The largest absolute Gasteiger partial charge is 0.377 e. The first kappa shape index (κ1) is 11.5. The number of rotatable bonds is 3. The zero-order valence-electron chi connectivity index (χ0n) is 10.7. The first-order valence-corrected chi connectivity index (χ1v) is 8.77. The van der Waals surface area contributed by atoms with Gasteiger partial charge in [-0.2, -0.15) is 0 Å². The Hall–Kier alpha value is -1.02. The summed E-state index contributed by atoms with van der Waals surface area (Å²) < 4.78 is 0. The summed E-state index contributed by atoms with van der Waals surface area (Å²) in [4.78, 5) is 2.25. The summed E-state index contributed by atoms with van der Waals surface area (Å²) in [6, 6.07) is 10.3. The van der Waals surface area contributed by atoms with E-state index >= 15 is 0 Å². The van der Waals surface area contributed by atoms with Crippen molar-refractivity contribution in [1.82, 2.24) is 4.90 Å². The normalized spacial score (nSPS) is 20.2. The van der Waals surface area contributed by atoms with Crippen LogP contribution in [-0.2, 0) is 0 Å². The maximum absolute atomic E-state index is 2.49. The summed E-state index contributed by atoms with van der Waals surface area (Å²) in [7, 11) is 3.63. The lowest BCUT2D eigenvalue weighted by molar-refractivity contribution is 0.593. The minimum atomic E-state index is -0.654. The van der Waals surface area contributed by atoms with E-state index in [0.29, 0.717) is 0 Å². The van der Waals surface area contributed by atoms with Crippen LogP contribution in [0.5, 0.6) is 0 Å². The maximum atomic E-state index is 2.49. The van der Waals surface area contributed by atoms with E-state index in [2.05, 4.69) is 62.8 Å². The third kappa shape index (κ3) is 1.82. The van der Waals surface area contributed by atoms with Crippen molar-refractivity contribution in [2.45, 2.75) is 25.1 Å². The van der Waals surface area contributed by atoms with E-state index in [0.717, 1.165) is 5.54 Å². The molecule has 1 aliphatic rings. The second-order valence-corrected chi connectivity index (χ2v) is 8.43. The molecular weight excluding hydrogens is 210 g/mol. The molecule has 0 aliphatic heterocycles. The number of benzene rings is 1. The Bertz CT molecular complexity index is 409. The van der Waals surface area contributed by atoms with Crippen molar-refractivity contribution >= 4 is 14.5 Å². The van der Waals surface area contributed by atoms with Crippen molar-refractivity contribution in [1.29, 1.82) is 0 Å². The molecule has 1 aliphatic carbocycles. The number of nitrogens with zero attached hydrogens (tertiary/aromatic N) is 1. The number of hydrogen-bond acceptors (Lipinski definition) is 1. The minimum Gasteiger partial charge on any atom is -0.377 e.